The van der Waals surface area contributed by atoms with E-state index in [-0.39, 0.29) is 11.8 Å². The van der Waals surface area contributed by atoms with Gasteiger partial charge >= 0.3 is 0 Å². The quantitative estimate of drug-likeness (QED) is 0.661. The molecule has 0 fully saturated rings. The molecular weight excluding hydrogens is 248 g/mol. The first kappa shape index (κ1) is 16.7. The highest BCUT2D eigenvalue weighted by Gasteiger charge is 2.17. The van der Waals surface area contributed by atoms with Gasteiger partial charge in [-0.1, -0.05) is 37.3 Å². The molecule has 0 bridgehead atoms. The SMILES string of the molecule is CC[C@H](C(=O)NCCC[NH+](CC)CC)c1ccccc1. The second kappa shape index (κ2) is 9.54. The Morgan fingerprint density at radius 1 is 1.15 bits per heavy atom. The van der Waals surface area contributed by atoms with Crippen LogP contribution in [0.25, 0.3) is 0 Å². The molecule has 1 aromatic carbocycles. The number of benzene rings is 1. The van der Waals surface area contributed by atoms with Crippen molar-refractivity contribution in [3.8, 4) is 0 Å². The van der Waals surface area contributed by atoms with Crippen LogP contribution in [0.3, 0.4) is 0 Å². The van der Waals surface area contributed by atoms with Gasteiger partial charge in [-0.05, 0) is 25.8 Å². The maximum Gasteiger partial charge on any atom is 0.227 e. The predicted octanol–water partition coefficient (Wildman–Crippen LogP) is 1.61. The van der Waals surface area contributed by atoms with Crippen molar-refractivity contribution in [2.24, 2.45) is 0 Å². The maximum atomic E-state index is 12.2. The number of hydrogen-bond donors (Lipinski definition) is 2. The molecule has 0 saturated heterocycles. The predicted molar refractivity (Wildman–Crippen MR) is 84.0 cm³/mol. The lowest BCUT2D eigenvalue weighted by atomic mass is 9.96. The van der Waals surface area contributed by atoms with Crippen LogP contribution in [-0.4, -0.2) is 32.1 Å². The molecule has 3 nitrogen and oxygen atoms in total. The van der Waals surface area contributed by atoms with E-state index in [0.717, 1.165) is 44.6 Å². The molecule has 1 aromatic rings. The Morgan fingerprint density at radius 2 is 1.80 bits per heavy atom. The summed E-state index contributed by atoms with van der Waals surface area (Å²) in [6, 6.07) is 10.0. The van der Waals surface area contributed by atoms with E-state index in [9.17, 15) is 4.79 Å². The van der Waals surface area contributed by atoms with Crippen LogP contribution in [0.1, 0.15) is 45.1 Å². The number of amides is 1. The van der Waals surface area contributed by atoms with Crippen LogP contribution in [0, 0.1) is 0 Å². The summed E-state index contributed by atoms with van der Waals surface area (Å²) in [6.07, 6.45) is 1.89. The summed E-state index contributed by atoms with van der Waals surface area (Å²) < 4.78 is 0. The van der Waals surface area contributed by atoms with Gasteiger partial charge in [0.15, 0.2) is 0 Å². The standard InChI is InChI=1S/C17H28N2O/c1-4-16(15-11-8-7-9-12-15)17(20)18-13-10-14-19(5-2)6-3/h7-9,11-12,16H,4-6,10,13-14H2,1-3H3,(H,18,20)/p+1/t16-/m0/s1. The fourth-order valence-corrected chi connectivity index (χ4v) is 2.53. The lowest BCUT2D eigenvalue weighted by molar-refractivity contribution is -0.896. The van der Waals surface area contributed by atoms with E-state index >= 15 is 0 Å². The van der Waals surface area contributed by atoms with Crippen LogP contribution < -0.4 is 10.2 Å². The van der Waals surface area contributed by atoms with Gasteiger partial charge in [-0.2, -0.15) is 0 Å². The summed E-state index contributed by atoms with van der Waals surface area (Å²) in [7, 11) is 0. The molecule has 2 N–H and O–H groups in total. The van der Waals surface area contributed by atoms with E-state index in [1.807, 2.05) is 30.3 Å². The van der Waals surface area contributed by atoms with Gasteiger partial charge in [0.2, 0.25) is 5.91 Å². The molecule has 0 unspecified atom stereocenters. The molecule has 0 spiro atoms. The molecule has 0 aliphatic heterocycles. The first-order valence-corrected chi connectivity index (χ1v) is 7.89. The molecule has 0 aliphatic carbocycles. The van der Waals surface area contributed by atoms with Gasteiger partial charge in [0.05, 0.1) is 25.6 Å². The first-order valence-electron chi connectivity index (χ1n) is 7.89. The number of quaternary nitrogens is 1. The Bertz CT molecular complexity index is 374. The minimum absolute atomic E-state index is 0.0167. The zero-order valence-electron chi connectivity index (χ0n) is 13.1. The third-order valence-electron chi connectivity index (χ3n) is 3.93. The molecule has 3 heteroatoms. The van der Waals surface area contributed by atoms with Crippen molar-refractivity contribution in [2.45, 2.75) is 39.5 Å². The Labute approximate surface area is 123 Å². The van der Waals surface area contributed by atoms with Crippen LogP contribution in [0.2, 0.25) is 0 Å². The van der Waals surface area contributed by atoms with Crippen LogP contribution in [0.4, 0.5) is 0 Å². The number of rotatable bonds is 9. The third-order valence-corrected chi connectivity index (χ3v) is 3.93. The summed E-state index contributed by atoms with van der Waals surface area (Å²) in [6.45, 7) is 10.7. The van der Waals surface area contributed by atoms with Crippen LogP contribution in [0.15, 0.2) is 30.3 Å². The molecule has 112 valence electrons. The second-order valence-electron chi connectivity index (χ2n) is 5.22. The van der Waals surface area contributed by atoms with E-state index in [0.29, 0.717) is 0 Å². The normalized spacial score (nSPS) is 12.4. The van der Waals surface area contributed by atoms with Gasteiger partial charge in [0.1, 0.15) is 0 Å². The van der Waals surface area contributed by atoms with Crippen LogP contribution in [0.5, 0.6) is 0 Å². The maximum absolute atomic E-state index is 12.2. The second-order valence-corrected chi connectivity index (χ2v) is 5.22. The van der Waals surface area contributed by atoms with Gasteiger partial charge < -0.3 is 10.2 Å². The van der Waals surface area contributed by atoms with Crippen molar-refractivity contribution >= 4 is 5.91 Å². The van der Waals surface area contributed by atoms with Gasteiger partial charge in [-0.15, -0.1) is 0 Å². The highest BCUT2D eigenvalue weighted by molar-refractivity contribution is 5.83. The van der Waals surface area contributed by atoms with Gasteiger partial charge in [-0.25, -0.2) is 0 Å². The monoisotopic (exact) mass is 277 g/mol. The fraction of sp³-hybridized carbons (Fsp3) is 0.588. The summed E-state index contributed by atoms with van der Waals surface area (Å²) in [5.41, 5.74) is 1.11. The van der Waals surface area contributed by atoms with Crippen LogP contribution >= 0.6 is 0 Å². The number of carbonyl (C=O) groups is 1. The molecule has 1 rings (SSSR count). The zero-order valence-corrected chi connectivity index (χ0v) is 13.1. The van der Waals surface area contributed by atoms with Crippen molar-refractivity contribution in [3.63, 3.8) is 0 Å². The van der Waals surface area contributed by atoms with Crippen molar-refractivity contribution in [3.05, 3.63) is 35.9 Å². The highest BCUT2D eigenvalue weighted by atomic mass is 16.1. The van der Waals surface area contributed by atoms with Gasteiger partial charge in [0, 0.05) is 13.0 Å². The average Bonchev–Trinajstić information content (AvgIpc) is 2.49. The molecular formula is C17H29N2O+. The molecule has 1 atom stereocenters. The van der Waals surface area contributed by atoms with Crippen molar-refractivity contribution < 1.29 is 9.69 Å². The number of nitrogens with one attached hydrogen (secondary N) is 2. The van der Waals surface area contributed by atoms with E-state index < -0.39 is 0 Å². The summed E-state index contributed by atoms with van der Waals surface area (Å²) in [5.74, 6) is 0.144. The van der Waals surface area contributed by atoms with Crippen molar-refractivity contribution in [2.75, 3.05) is 26.2 Å². The Balaban J connectivity index is 2.37. The largest absolute Gasteiger partial charge is 0.355 e. The molecule has 0 aromatic heterocycles. The van der Waals surface area contributed by atoms with Crippen LogP contribution in [-0.2, 0) is 4.79 Å². The average molecular weight is 277 g/mol. The topological polar surface area (TPSA) is 33.5 Å². The van der Waals surface area contributed by atoms with E-state index in [2.05, 4.69) is 26.1 Å². The van der Waals surface area contributed by atoms with Gasteiger partial charge in [-0.3, -0.25) is 4.79 Å². The molecule has 0 radical (unpaired) electrons. The van der Waals surface area contributed by atoms with Crippen molar-refractivity contribution in [1.82, 2.24) is 5.32 Å². The fourth-order valence-electron chi connectivity index (χ4n) is 2.53. The summed E-state index contributed by atoms with van der Waals surface area (Å²) >= 11 is 0. The Morgan fingerprint density at radius 3 is 2.35 bits per heavy atom. The summed E-state index contributed by atoms with van der Waals surface area (Å²) in [4.78, 5) is 13.8. The summed E-state index contributed by atoms with van der Waals surface area (Å²) in [5, 5.41) is 3.08. The third kappa shape index (κ3) is 5.33. The molecule has 1 amide bonds. The highest BCUT2D eigenvalue weighted by Crippen LogP contribution is 2.18. The van der Waals surface area contributed by atoms with Crippen molar-refractivity contribution in [1.29, 1.82) is 0 Å². The number of carbonyl (C=O) groups excluding carboxylic acids is 1. The van der Waals surface area contributed by atoms with Gasteiger partial charge in [0.25, 0.3) is 0 Å². The zero-order chi connectivity index (χ0) is 14.8. The van der Waals surface area contributed by atoms with E-state index in [1.54, 1.807) is 4.90 Å². The first-order chi connectivity index (χ1) is 9.72. The Kier molecular flexibility index (Phi) is 7.97. The molecule has 20 heavy (non-hydrogen) atoms. The van der Waals surface area contributed by atoms with E-state index in [4.69, 9.17) is 0 Å². The smallest absolute Gasteiger partial charge is 0.227 e. The Hall–Kier alpha value is -1.35. The molecule has 0 aliphatic rings. The minimum atomic E-state index is -0.0167. The molecule has 0 heterocycles. The number of hydrogen-bond acceptors (Lipinski definition) is 1. The molecule has 0 saturated carbocycles. The lowest BCUT2D eigenvalue weighted by Crippen LogP contribution is -3.11. The minimum Gasteiger partial charge on any atom is -0.355 e. The lowest BCUT2D eigenvalue weighted by Gasteiger charge is -2.17. The van der Waals surface area contributed by atoms with E-state index in [1.165, 1.54) is 0 Å².